The van der Waals surface area contributed by atoms with E-state index in [2.05, 4.69) is 15.1 Å². The molecule has 1 saturated heterocycles. The Morgan fingerprint density at radius 3 is 2.85 bits per heavy atom. The Hall–Kier alpha value is -1.16. The minimum Gasteiger partial charge on any atom is -0.391 e. The van der Waals surface area contributed by atoms with Crippen molar-refractivity contribution in [1.82, 2.24) is 10.2 Å². The smallest absolute Gasteiger partial charge is 0.151 e. The van der Waals surface area contributed by atoms with Crippen LogP contribution in [-0.2, 0) is 0 Å². The first-order valence-electron chi connectivity index (χ1n) is 4.49. The number of nitrogens with zero attached hydrogens (tertiary/aromatic N) is 3. The standard InChI is InChI=1S/C9H13N3O/c1-7-2-3-9(11-10-7)12-5-4-8(13)6-12/h2-3,8,13H,4-6H2,1H3/t8-/m1/s1. The van der Waals surface area contributed by atoms with Gasteiger partial charge in [0.15, 0.2) is 5.82 Å². The van der Waals surface area contributed by atoms with E-state index in [0.29, 0.717) is 6.54 Å². The average molecular weight is 179 g/mol. The van der Waals surface area contributed by atoms with Crippen LogP contribution < -0.4 is 4.90 Å². The number of anilines is 1. The van der Waals surface area contributed by atoms with Gasteiger partial charge in [-0.2, -0.15) is 5.10 Å². The van der Waals surface area contributed by atoms with Gasteiger partial charge < -0.3 is 10.0 Å². The van der Waals surface area contributed by atoms with Crippen LogP contribution in [0.15, 0.2) is 12.1 Å². The van der Waals surface area contributed by atoms with Gasteiger partial charge in [0.1, 0.15) is 0 Å². The van der Waals surface area contributed by atoms with Gasteiger partial charge >= 0.3 is 0 Å². The molecule has 13 heavy (non-hydrogen) atoms. The maximum absolute atomic E-state index is 9.33. The van der Waals surface area contributed by atoms with Gasteiger partial charge in [0.25, 0.3) is 0 Å². The third-order valence-corrected chi connectivity index (χ3v) is 2.27. The second-order valence-electron chi connectivity index (χ2n) is 3.42. The molecule has 1 N–H and O–H groups in total. The Morgan fingerprint density at radius 1 is 1.46 bits per heavy atom. The zero-order chi connectivity index (χ0) is 9.26. The molecule has 1 fully saturated rings. The Morgan fingerprint density at radius 2 is 2.31 bits per heavy atom. The van der Waals surface area contributed by atoms with Gasteiger partial charge in [-0.1, -0.05) is 0 Å². The number of aliphatic hydroxyl groups is 1. The van der Waals surface area contributed by atoms with E-state index in [1.807, 2.05) is 19.1 Å². The summed E-state index contributed by atoms with van der Waals surface area (Å²) in [5, 5.41) is 17.4. The molecule has 1 aromatic heterocycles. The van der Waals surface area contributed by atoms with Gasteiger partial charge in [0.05, 0.1) is 11.8 Å². The third kappa shape index (κ3) is 1.78. The van der Waals surface area contributed by atoms with Gasteiger partial charge in [-0.3, -0.25) is 0 Å². The van der Waals surface area contributed by atoms with E-state index in [4.69, 9.17) is 0 Å². The lowest BCUT2D eigenvalue weighted by Gasteiger charge is -2.15. The van der Waals surface area contributed by atoms with E-state index in [1.165, 1.54) is 0 Å². The van der Waals surface area contributed by atoms with E-state index >= 15 is 0 Å². The summed E-state index contributed by atoms with van der Waals surface area (Å²) in [5.41, 5.74) is 0.920. The zero-order valence-electron chi connectivity index (χ0n) is 7.64. The summed E-state index contributed by atoms with van der Waals surface area (Å²) in [6.45, 7) is 3.46. The van der Waals surface area contributed by atoms with Crippen molar-refractivity contribution >= 4 is 5.82 Å². The lowest BCUT2D eigenvalue weighted by molar-refractivity contribution is 0.198. The molecule has 2 heterocycles. The Kier molecular flexibility index (Phi) is 2.14. The number of aryl methyl sites for hydroxylation is 1. The topological polar surface area (TPSA) is 49.2 Å². The lowest BCUT2D eigenvalue weighted by Crippen LogP contribution is -2.22. The summed E-state index contributed by atoms with van der Waals surface area (Å²) in [6.07, 6.45) is 0.623. The molecular formula is C9H13N3O. The van der Waals surface area contributed by atoms with Crippen molar-refractivity contribution in [3.63, 3.8) is 0 Å². The molecule has 1 aliphatic rings. The van der Waals surface area contributed by atoms with Gasteiger partial charge in [-0.15, -0.1) is 5.10 Å². The van der Waals surface area contributed by atoms with Crippen LogP contribution in [-0.4, -0.2) is 34.5 Å². The first-order valence-corrected chi connectivity index (χ1v) is 4.49. The number of rotatable bonds is 1. The van der Waals surface area contributed by atoms with E-state index < -0.39 is 0 Å². The predicted octanol–water partition coefficient (Wildman–Crippen LogP) is 0.356. The highest BCUT2D eigenvalue weighted by Gasteiger charge is 2.21. The quantitative estimate of drug-likeness (QED) is 0.676. The molecule has 0 spiro atoms. The maximum atomic E-state index is 9.33. The van der Waals surface area contributed by atoms with Crippen LogP contribution in [0, 0.1) is 6.92 Å². The fourth-order valence-corrected chi connectivity index (χ4v) is 1.51. The number of aliphatic hydroxyl groups excluding tert-OH is 1. The highest BCUT2D eigenvalue weighted by molar-refractivity contribution is 5.38. The van der Waals surface area contributed by atoms with Gasteiger partial charge in [0.2, 0.25) is 0 Å². The number of aromatic nitrogens is 2. The Balaban J connectivity index is 2.13. The molecule has 4 heteroatoms. The molecule has 0 amide bonds. The monoisotopic (exact) mass is 179 g/mol. The molecule has 0 unspecified atom stereocenters. The summed E-state index contributed by atoms with van der Waals surface area (Å²) in [6, 6.07) is 3.88. The highest BCUT2D eigenvalue weighted by atomic mass is 16.3. The second kappa shape index (κ2) is 3.30. The summed E-state index contributed by atoms with van der Waals surface area (Å²) in [4.78, 5) is 2.05. The molecule has 0 radical (unpaired) electrons. The molecule has 0 bridgehead atoms. The third-order valence-electron chi connectivity index (χ3n) is 2.27. The second-order valence-corrected chi connectivity index (χ2v) is 3.42. The molecule has 0 aliphatic carbocycles. The SMILES string of the molecule is Cc1ccc(N2CC[C@@H](O)C2)nn1. The van der Waals surface area contributed by atoms with Gasteiger partial charge in [0, 0.05) is 13.1 Å². The fraction of sp³-hybridized carbons (Fsp3) is 0.556. The molecule has 1 atom stereocenters. The Bertz CT molecular complexity index is 285. The van der Waals surface area contributed by atoms with Crippen molar-refractivity contribution in [2.24, 2.45) is 0 Å². The van der Waals surface area contributed by atoms with Crippen molar-refractivity contribution < 1.29 is 5.11 Å². The molecule has 0 saturated carbocycles. The molecule has 2 rings (SSSR count). The first-order chi connectivity index (χ1) is 6.25. The average Bonchev–Trinajstić information content (AvgIpc) is 2.53. The minimum absolute atomic E-state index is 0.205. The minimum atomic E-state index is -0.205. The summed E-state index contributed by atoms with van der Waals surface area (Å²) in [7, 11) is 0. The van der Waals surface area contributed by atoms with Crippen LogP contribution in [0.3, 0.4) is 0 Å². The normalized spacial score (nSPS) is 22.3. The van der Waals surface area contributed by atoms with Crippen molar-refractivity contribution in [3.8, 4) is 0 Å². The molecule has 0 aromatic carbocycles. The molecule has 1 aromatic rings. The molecular weight excluding hydrogens is 166 g/mol. The summed E-state index contributed by atoms with van der Waals surface area (Å²) < 4.78 is 0. The number of hydrogen-bond donors (Lipinski definition) is 1. The number of β-amino-alcohol motifs (C(OH)–C–C–N with tert-alkyl or cyclic N) is 1. The maximum Gasteiger partial charge on any atom is 0.151 e. The van der Waals surface area contributed by atoms with Crippen LogP contribution in [0.5, 0.6) is 0 Å². The largest absolute Gasteiger partial charge is 0.391 e. The van der Waals surface area contributed by atoms with Crippen LogP contribution >= 0.6 is 0 Å². The first kappa shape index (κ1) is 8.44. The summed E-state index contributed by atoms with van der Waals surface area (Å²) in [5.74, 6) is 0.863. The van der Waals surface area contributed by atoms with Crippen molar-refractivity contribution in [2.75, 3.05) is 18.0 Å². The molecule has 1 aliphatic heterocycles. The van der Waals surface area contributed by atoms with Gasteiger partial charge in [-0.25, -0.2) is 0 Å². The van der Waals surface area contributed by atoms with Crippen LogP contribution in [0.4, 0.5) is 5.82 Å². The van der Waals surface area contributed by atoms with E-state index in [9.17, 15) is 5.11 Å². The Labute approximate surface area is 77.2 Å². The van der Waals surface area contributed by atoms with E-state index in [-0.39, 0.29) is 6.10 Å². The fourth-order valence-electron chi connectivity index (χ4n) is 1.51. The summed E-state index contributed by atoms with van der Waals surface area (Å²) >= 11 is 0. The van der Waals surface area contributed by atoms with Crippen LogP contribution in [0.1, 0.15) is 12.1 Å². The predicted molar refractivity (Wildman–Crippen MR) is 49.6 cm³/mol. The van der Waals surface area contributed by atoms with E-state index in [0.717, 1.165) is 24.5 Å². The van der Waals surface area contributed by atoms with Crippen LogP contribution in [0.25, 0.3) is 0 Å². The van der Waals surface area contributed by atoms with Crippen molar-refractivity contribution in [3.05, 3.63) is 17.8 Å². The van der Waals surface area contributed by atoms with Crippen molar-refractivity contribution in [1.29, 1.82) is 0 Å². The molecule has 70 valence electrons. The zero-order valence-corrected chi connectivity index (χ0v) is 7.64. The number of hydrogen-bond acceptors (Lipinski definition) is 4. The van der Waals surface area contributed by atoms with Gasteiger partial charge in [-0.05, 0) is 25.5 Å². The van der Waals surface area contributed by atoms with E-state index in [1.54, 1.807) is 0 Å². The van der Waals surface area contributed by atoms with Crippen molar-refractivity contribution in [2.45, 2.75) is 19.4 Å². The lowest BCUT2D eigenvalue weighted by atomic mass is 10.3. The van der Waals surface area contributed by atoms with Crippen LogP contribution in [0.2, 0.25) is 0 Å². The molecule has 4 nitrogen and oxygen atoms in total. The highest BCUT2D eigenvalue weighted by Crippen LogP contribution is 2.16.